The van der Waals surface area contributed by atoms with Crippen LogP contribution >= 0.6 is 22.6 Å². The molecule has 1 aromatic heterocycles. The van der Waals surface area contributed by atoms with Gasteiger partial charge >= 0.3 is 0 Å². The summed E-state index contributed by atoms with van der Waals surface area (Å²) in [6, 6.07) is 23.9. The fraction of sp³-hybridized carbons (Fsp3) is 0.241. The second-order valence-electron chi connectivity index (χ2n) is 8.59. The molecule has 0 aliphatic rings. The van der Waals surface area contributed by atoms with Gasteiger partial charge in [0.2, 0.25) is 0 Å². The van der Waals surface area contributed by atoms with E-state index in [9.17, 15) is 4.79 Å². The van der Waals surface area contributed by atoms with Crippen molar-refractivity contribution in [2.75, 3.05) is 6.54 Å². The summed E-state index contributed by atoms with van der Waals surface area (Å²) in [5.41, 5.74) is 4.06. The minimum Gasteiger partial charge on any atom is -0.488 e. The van der Waals surface area contributed by atoms with Crippen LogP contribution in [0.25, 0.3) is 11.3 Å². The number of amides is 1. The second kappa shape index (κ2) is 12.1. The van der Waals surface area contributed by atoms with E-state index in [2.05, 4.69) is 46.9 Å². The molecule has 0 aliphatic carbocycles. The topological polar surface area (TPSA) is 73.6 Å². The number of ether oxygens (including phenoxy) is 2. The molecular weight excluding hydrogens is 567 g/mol. The zero-order chi connectivity index (χ0) is 25.5. The molecule has 0 bridgehead atoms. The van der Waals surface area contributed by atoms with Crippen molar-refractivity contribution in [2.24, 2.45) is 0 Å². The summed E-state index contributed by atoms with van der Waals surface area (Å²) in [5, 5.41) is 6.84. The standard InChI is InChI=1S/C29H29IN2O4/c1-4-31-29(33)26-25(30)28(36-32-26)22-15-16-23(34-17-20-11-7-5-8-12-20)24(19(2)3)27(22)35-18-21-13-9-6-10-14-21/h5-16,19H,4,17-18H2,1-3H3,(H,31,33). The molecule has 186 valence electrons. The van der Waals surface area contributed by atoms with Gasteiger partial charge in [0.05, 0.1) is 9.13 Å². The van der Waals surface area contributed by atoms with Gasteiger partial charge in [0, 0.05) is 12.1 Å². The largest absolute Gasteiger partial charge is 0.488 e. The van der Waals surface area contributed by atoms with Crippen molar-refractivity contribution in [3.63, 3.8) is 0 Å². The zero-order valence-corrected chi connectivity index (χ0v) is 22.7. The monoisotopic (exact) mass is 596 g/mol. The number of carbonyl (C=O) groups is 1. The average molecular weight is 596 g/mol. The number of hydrogen-bond acceptors (Lipinski definition) is 5. The van der Waals surface area contributed by atoms with Crippen LogP contribution in [0.4, 0.5) is 0 Å². The Morgan fingerprint density at radius 3 is 2.14 bits per heavy atom. The highest BCUT2D eigenvalue weighted by molar-refractivity contribution is 14.1. The van der Waals surface area contributed by atoms with Crippen molar-refractivity contribution >= 4 is 28.5 Å². The third-order valence-electron chi connectivity index (χ3n) is 5.63. The average Bonchev–Trinajstić information content (AvgIpc) is 3.28. The van der Waals surface area contributed by atoms with E-state index in [1.807, 2.05) is 79.7 Å². The maximum atomic E-state index is 12.5. The summed E-state index contributed by atoms with van der Waals surface area (Å²) >= 11 is 2.11. The molecule has 1 amide bonds. The van der Waals surface area contributed by atoms with E-state index in [1.165, 1.54) is 0 Å². The molecular formula is C29H29IN2O4. The Balaban J connectivity index is 1.77. The van der Waals surface area contributed by atoms with Crippen LogP contribution in [0, 0.1) is 3.57 Å². The van der Waals surface area contributed by atoms with Crippen molar-refractivity contribution < 1.29 is 18.8 Å². The Hall–Kier alpha value is -3.33. The first-order chi connectivity index (χ1) is 17.5. The SMILES string of the molecule is CCNC(=O)c1noc(-c2ccc(OCc3ccccc3)c(C(C)C)c2OCc2ccccc2)c1I. The molecule has 1 heterocycles. The highest BCUT2D eigenvalue weighted by atomic mass is 127. The molecule has 0 saturated carbocycles. The van der Waals surface area contributed by atoms with Gasteiger partial charge in [-0.2, -0.15) is 0 Å². The van der Waals surface area contributed by atoms with Gasteiger partial charge < -0.3 is 19.3 Å². The summed E-state index contributed by atoms with van der Waals surface area (Å²) in [4.78, 5) is 12.5. The first kappa shape index (κ1) is 25.8. The molecule has 6 nitrogen and oxygen atoms in total. The molecule has 3 aromatic carbocycles. The van der Waals surface area contributed by atoms with Gasteiger partial charge in [-0.05, 0) is 58.7 Å². The van der Waals surface area contributed by atoms with Crippen LogP contribution in [0.5, 0.6) is 11.5 Å². The number of halogens is 1. The van der Waals surface area contributed by atoms with Crippen molar-refractivity contribution in [1.82, 2.24) is 10.5 Å². The van der Waals surface area contributed by atoms with Crippen molar-refractivity contribution in [3.05, 3.63) is 98.8 Å². The molecule has 1 N–H and O–H groups in total. The molecule has 36 heavy (non-hydrogen) atoms. The molecule has 0 aliphatic heterocycles. The third kappa shape index (κ3) is 5.90. The zero-order valence-electron chi connectivity index (χ0n) is 20.6. The van der Waals surface area contributed by atoms with Crippen molar-refractivity contribution in [2.45, 2.75) is 39.9 Å². The van der Waals surface area contributed by atoms with Gasteiger partial charge in [-0.25, -0.2) is 0 Å². The van der Waals surface area contributed by atoms with Gasteiger partial charge in [-0.1, -0.05) is 79.7 Å². The van der Waals surface area contributed by atoms with E-state index in [-0.39, 0.29) is 17.5 Å². The van der Waals surface area contributed by atoms with Crippen LogP contribution < -0.4 is 14.8 Å². The summed E-state index contributed by atoms with van der Waals surface area (Å²) in [6.45, 7) is 7.41. The highest BCUT2D eigenvalue weighted by Gasteiger charge is 2.27. The smallest absolute Gasteiger partial charge is 0.274 e. The van der Waals surface area contributed by atoms with Gasteiger partial charge in [-0.3, -0.25) is 4.79 Å². The summed E-state index contributed by atoms with van der Waals surface area (Å²) in [7, 11) is 0. The molecule has 7 heteroatoms. The Bertz CT molecular complexity index is 1300. The number of carbonyl (C=O) groups excluding carboxylic acids is 1. The number of rotatable bonds is 10. The Morgan fingerprint density at radius 2 is 1.56 bits per heavy atom. The first-order valence-corrected chi connectivity index (χ1v) is 13.0. The van der Waals surface area contributed by atoms with Crippen LogP contribution in [-0.4, -0.2) is 17.6 Å². The van der Waals surface area contributed by atoms with Gasteiger partial charge in [0.25, 0.3) is 5.91 Å². The number of aromatic nitrogens is 1. The molecule has 0 unspecified atom stereocenters. The molecule has 0 saturated heterocycles. The molecule has 4 rings (SSSR count). The quantitative estimate of drug-likeness (QED) is 0.200. The van der Waals surface area contributed by atoms with E-state index >= 15 is 0 Å². The predicted molar refractivity (Wildman–Crippen MR) is 148 cm³/mol. The first-order valence-electron chi connectivity index (χ1n) is 11.9. The van der Waals surface area contributed by atoms with Gasteiger partial charge in [-0.15, -0.1) is 0 Å². The molecule has 0 fully saturated rings. The molecule has 0 atom stereocenters. The van der Waals surface area contributed by atoms with Crippen molar-refractivity contribution in [3.8, 4) is 22.8 Å². The summed E-state index contributed by atoms with van der Waals surface area (Å²) in [6.07, 6.45) is 0. The Morgan fingerprint density at radius 1 is 0.944 bits per heavy atom. The Kier molecular flexibility index (Phi) is 8.64. The van der Waals surface area contributed by atoms with Crippen LogP contribution in [0.2, 0.25) is 0 Å². The predicted octanol–water partition coefficient (Wildman–Crippen LogP) is 6.98. The van der Waals surface area contributed by atoms with Crippen molar-refractivity contribution in [1.29, 1.82) is 0 Å². The summed E-state index contributed by atoms with van der Waals surface area (Å²) < 4.78 is 19.1. The van der Waals surface area contributed by atoms with E-state index in [0.29, 0.717) is 34.8 Å². The lowest BCUT2D eigenvalue weighted by atomic mass is 9.96. The molecule has 0 radical (unpaired) electrons. The van der Waals surface area contributed by atoms with Crippen LogP contribution in [-0.2, 0) is 13.2 Å². The van der Waals surface area contributed by atoms with Crippen LogP contribution in [0.15, 0.2) is 77.3 Å². The lowest BCUT2D eigenvalue weighted by Gasteiger charge is -2.21. The number of nitrogens with one attached hydrogen (secondary N) is 1. The Labute approximate surface area is 225 Å². The van der Waals surface area contributed by atoms with E-state index in [4.69, 9.17) is 14.0 Å². The highest BCUT2D eigenvalue weighted by Crippen LogP contribution is 2.44. The normalized spacial score (nSPS) is 10.9. The lowest BCUT2D eigenvalue weighted by molar-refractivity contribution is 0.0946. The van der Waals surface area contributed by atoms with Gasteiger partial charge in [0.1, 0.15) is 24.7 Å². The molecule has 0 spiro atoms. The number of nitrogens with zero attached hydrogens (tertiary/aromatic N) is 1. The second-order valence-corrected chi connectivity index (χ2v) is 9.67. The molecule has 4 aromatic rings. The minimum absolute atomic E-state index is 0.102. The van der Waals surface area contributed by atoms with E-state index in [0.717, 1.165) is 28.0 Å². The number of benzene rings is 3. The van der Waals surface area contributed by atoms with Crippen LogP contribution in [0.1, 0.15) is 53.9 Å². The van der Waals surface area contributed by atoms with Gasteiger partial charge in [0.15, 0.2) is 11.5 Å². The fourth-order valence-electron chi connectivity index (χ4n) is 3.89. The maximum Gasteiger partial charge on any atom is 0.274 e. The van der Waals surface area contributed by atoms with E-state index < -0.39 is 0 Å². The fourth-order valence-corrected chi connectivity index (χ4v) is 4.62. The van der Waals surface area contributed by atoms with Crippen LogP contribution in [0.3, 0.4) is 0 Å². The number of hydrogen-bond donors (Lipinski definition) is 1. The maximum absolute atomic E-state index is 12.5. The third-order valence-corrected chi connectivity index (χ3v) is 6.63. The summed E-state index contributed by atoms with van der Waals surface area (Å²) in [5.74, 6) is 1.74. The van der Waals surface area contributed by atoms with E-state index in [1.54, 1.807) is 0 Å². The minimum atomic E-state index is -0.268. The lowest BCUT2D eigenvalue weighted by Crippen LogP contribution is -2.23.